The number of carbonyl (C=O) groups excluding carboxylic acids is 1. The van der Waals surface area contributed by atoms with Crippen molar-refractivity contribution in [3.63, 3.8) is 0 Å². The molecule has 0 spiro atoms. The van der Waals surface area contributed by atoms with Crippen molar-refractivity contribution in [2.24, 2.45) is 0 Å². The highest BCUT2D eigenvalue weighted by molar-refractivity contribution is 5.98. The second-order valence-corrected chi connectivity index (χ2v) is 5.60. The SMILES string of the molecule is O=C(NOCc1cccc(F)c1)c1ccccc1NCc1ccncc1. The smallest absolute Gasteiger partial charge is 0.276 e. The van der Waals surface area contributed by atoms with Crippen molar-refractivity contribution in [1.29, 1.82) is 0 Å². The first-order chi connectivity index (χ1) is 12.7. The number of anilines is 1. The van der Waals surface area contributed by atoms with Gasteiger partial charge < -0.3 is 5.32 Å². The van der Waals surface area contributed by atoms with E-state index in [4.69, 9.17) is 4.84 Å². The lowest BCUT2D eigenvalue weighted by atomic mass is 10.1. The molecule has 1 heterocycles. The summed E-state index contributed by atoms with van der Waals surface area (Å²) in [5.41, 5.74) is 5.23. The Morgan fingerprint density at radius 1 is 1.00 bits per heavy atom. The van der Waals surface area contributed by atoms with Crippen molar-refractivity contribution in [2.75, 3.05) is 5.32 Å². The van der Waals surface area contributed by atoms with Crippen molar-refractivity contribution >= 4 is 11.6 Å². The highest BCUT2D eigenvalue weighted by atomic mass is 19.1. The van der Waals surface area contributed by atoms with Gasteiger partial charge in [-0.2, -0.15) is 0 Å². The van der Waals surface area contributed by atoms with Crippen molar-refractivity contribution in [3.8, 4) is 0 Å². The molecule has 0 aliphatic rings. The number of hydrogen-bond acceptors (Lipinski definition) is 4. The molecule has 0 aliphatic carbocycles. The van der Waals surface area contributed by atoms with Gasteiger partial charge in [-0.05, 0) is 47.5 Å². The average Bonchev–Trinajstić information content (AvgIpc) is 2.67. The maximum Gasteiger partial charge on any atom is 0.276 e. The Morgan fingerprint density at radius 3 is 2.62 bits per heavy atom. The number of amides is 1. The first-order valence-electron chi connectivity index (χ1n) is 8.11. The third-order valence-corrected chi connectivity index (χ3v) is 3.70. The van der Waals surface area contributed by atoms with E-state index in [1.54, 1.807) is 36.7 Å². The third kappa shape index (κ3) is 4.87. The van der Waals surface area contributed by atoms with E-state index in [0.717, 1.165) is 5.56 Å². The molecule has 2 aromatic carbocycles. The average molecular weight is 351 g/mol. The van der Waals surface area contributed by atoms with Gasteiger partial charge in [-0.1, -0.05) is 24.3 Å². The molecule has 0 fully saturated rings. The van der Waals surface area contributed by atoms with E-state index in [-0.39, 0.29) is 18.3 Å². The minimum Gasteiger partial charge on any atom is -0.380 e. The Kier molecular flexibility index (Phi) is 5.90. The minimum absolute atomic E-state index is 0.0795. The van der Waals surface area contributed by atoms with Crippen LogP contribution in [0.2, 0.25) is 0 Å². The van der Waals surface area contributed by atoms with Crippen molar-refractivity contribution in [3.05, 3.63) is 95.6 Å². The molecule has 6 heteroatoms. The second-order valence-electron chi connectivity index (χ2n) is 5.60. The number of carbonyl (C=O) groups is 1. The number of nitrogens with one attached hydrogen (secondary N) is 2. The number of halogens is 1. The molecule has 2 N–H and O–H groups in total. The summed E-state index contributed by atoms with van der Waals surface area (Å²) in [4.78, 5) is 21.6. The van der Waals surface area contributed by atoms with Crippen LogP contribution in [0, 0.1) is 5.82 Å². The third-order valence-electron chi connectivity index (χ3n) is 3.70. The molecule has 0 bridgehead atoms. The fraction of sp³-hybridized carbons (Fsp3) is 0.100. The molecule has 0 atom stereocenters. The molecule has 3 aromatic rings. The number of aromatic nitrogens is 1. The Morgan fingerprint density at radius 2 is 1.81 bits per heavy atom. The predicted octanol–water partition coefficient (Wildman–Crippen LogP) is 3.69. The Bertz CT molecular complexity index is 872. The molecule has 5 nitrogen and oxygen atoms in total. The van der Waals surface area contributed by atoms with Crippen LogP contribution in [-0.4, -0.2) is 10.9 Å². The summed E-state index contributed by atoms with van der Waals surface area (Å²) in [6, 6.07) is 17.0. The summed E-state index contributed by atoms with van der Waals surface area (Å²) < 4.78 is 13.1. The van der Waals surface area contributed by atoms with E-state index < -0.39 is 0 Å². The summed E-state index contributed by atoms with van der Waals surface area (Å²) in [7, 11) is 0. The second kappa shape index (κ2) is 8.73. The Labute approximate surface area is 150 Å². The van der Waals surface area contributed by atoms with Crippen LogP contribution in [0.4, 0.5) is 10.1 Å². The van der Waals surface area contributed by atoms with Crippen molar-refractivity contribution < 1.29 is 14.0 Å². The molecule has 1 aromatic heterocycles. The topological polar surface area (TPSA) is 63.2 Å². The van der Waals surface area contributed by atoms with Gasteiger partial charge in [0, 0.05) is 24.6 Å². The normalized spacial score (nSPS) is 10.3. The summed E-state index contributed by atoms with van der Waals surface area (Å²) >= 11 is 0. The number of nitrogens with zero attached hydrogens (tertiary/aromatic N) is 1. The van der Waals surface area contributed by atoms with E-state index in [1.165, 1.54) is 12.1 Å². The van der Waals surface area contributed by atoms with Gasteiger partial charge in [0.05, 0.1) is 12.2 Å². The van der Waals surface area contributed by atoms with E-state index in [1.807, 2.05) is 24.3 Å². The maximum absolute atomic E-state index is 13.1. The molecular weight excluding hydrogens is 333 g/mol. The minimum atomic E-state index is -0.376. The zero-order valence-corrected chi connectivity index (χ0v) is 14.0. The van der Waals surface area contributed by atoms with Gasteiger partial charge in [0.2, 0.25) is 0 Å². The number of hydrogen-bond donors (Lipinski definition) is 2. The predicted molar refractivity (Wildman–Crippen MR) is 96.7 cm³/mol. The lowest BCUT2D eigenvalue weighted by Crippen LogP contribution is -2.24. The fourth-order valence-electron chi connectivity index (χ4n) is 2.40. The summed E-state index contributed by atoms with van der Waals surface area (Å²) in [6.45, 7) is 0.646. The van der Waals surface area contributed by atoms with Crippen molar-refractivity contribution in [1.82, 2.24) is 10.5 Å². The molecule has 26 heavy (non-hydrogen) atoms. The van der Waals surface area contributed by atoms with Crippen LogP contribution in [0.25, 0.3) is 0 Å². The van der Waals surface area contributed by atoms with Gasteiger partial charge >= 0.3 is 0 Å². The summed E-state index contributed by atoms with van der Waals surface area (Å²) in [6.07, 6.45) is 3.44. The first-order valence-corrected chi connectivity index (χ1v) is 8.11. The van der Waals surface area contributed by atoms with Crippen LogP contribution >= 0.6 is 0 Å². The summed E-state index contributed by atoms with van der Waals surface area (Å²) in [5.74, 6) is -0.720. The maximum atomic E-state index is 13.1. The van der Waals surface area contributed by atoms with E-state index in [9.17, 15) is 9.18 Å². The number of pyridine rings is 1. The number of para-hydroxylation sites is 1. The van der Waals surface area contributed by atoms with Gasteiger partial charge in [0.25, 0.3) is 5.91 Å². The van der Waals surface area contributed by atoms with Crippen LogP contribution < -0.4 is 10.8 Å². The van der Waals surface area contributed by atoms with Gasteiger partial charge in [0.15, 0.2) is 0 Å². The molecule has 0 radical (unpaired) electrons. The van der Waals surface area contributed by atoms with Gasteiger partial charge in [0.1, 0.15) is 5.82 Å². The number of hydroxylamine groups is 1. The zero-order valence-electron chi connectivity index (χ0n) is 14.0. The number of benzene rings is 2. The highest BCUT2D eigenvalue weighted by Gasteiger charge is 2.11. The van der Waals surface area contributed by atoms with Gasteiger partial charge in [-0.15, -0.1) is 0 Å². The monoisotopic (exact) mass is 351 g/mol. The zero-order chi connectivity index (χ0) is 18.2. The quantitative estimate of drug-likeness (QED) is 0.637. The molecule has 0 aliphatic heterocycles. The largest absolute Gasteiger partial charge is 0.380 e. The Balaban J connectivity index is 1.58. The van der Waals surface area contributed by atoms with Crippen LogP contribution in [0.15, 0.2) is 73.1 Å². The molecule has 0 unspecified atom stereocenters. The fourth-order valence-corrected chi connectivity index (χ4v) is 2.40. The summed E-state index contributed by atoms with van der Waals surface area (Å²) in [5, 5.41) is 3.23. The van der Waals surface area contributed by atoms with E-state index in [2.05, 4.69) is 15.8 Å². The number of rotatable bonds is 7. The first kappa shape index (κ1) is 17.6. The van der Waals surface area contributed by atoms with Crippen LogP contribution in [0.3, 0.4) is 0 Å². The van der Waals surface area contributed by atoms with Gasteiger partial charge in [-0.3, -0.25) is 14.6 Å². The molecule has 132 valence electrons. The van der Waals surface area contributed by atoms with E-state index in [0.29, 0.717) is 23.4 Å². The lowest BCUT2D eigenvalue weighted by Gasteiger charge is -2.12. The molecule has 1 amide bonds. The molecular formula is C20H18FN3O2. The lowest BCUT2D eigenvalue weighted by molar-refractivity contribution is 0.0233. The van der Waals surface area contributed by atoms with Gasteiger partial charge in [-0.25, -0.2) is 9.87 Å². The van der Waals surface area contributed by atoms with Crippen molar-refractivity contribution in [2.45, 2.75) is 13.2 Å². The molecule has 0 saturated heterocycles. The highest BCUT2D eigenvalue weighted by Crippen LogP contribution is 2.16. The molecule has 3 rings (SSSR count). The van der Waals surface area contributed by atoms with E-state index >= 15 is 0 Å². The van der Waals surface area contributed by atoms with Crippen LogP contribution in [0.1, 0.15) is 21.5 Å². The molecule has 0 saturated carbocycles. The standard InChI is InChI=1S/C20H18FN3O2/c21-17-5-3-4-16(12-17)14-26-24-20(25)18-6-1-2-7-19(18)23-13-15-8-10-22-11-9-15/h1-12,23H,13-14H2,(H,24,25). The van der Waals surface area contributed by atoms with Crippen LogP contribution in [0.5, 0.6) is 0 Å². The Hall–Kier alpha value is -3.25. The van der Waals surface area contributed by atoms with Crippen LogP contribution in [-0.2, 0) is 18.0 Å².